The Hall–Kier alpha value is -2.41. The summed E-state index contributed by atoms with van der Waals surface area (Å²) in [7, 11) is 1.53. The van der Waals surface area contributed by atoms with Crippen LogP contribution in [0.3, 0.4) is 0 Å². The molecule has 1 rings (SSSR count). The molecule has 0 aliphatic heterocycles. The highest BCUT2D eigenvalue weighted by Crippen LogP contribution is 2.20. The molecular formula is C18H26N2O5. The SMILES string of the molecule is CCOC(=O)C[C@@H](NC(C)=O)C(=O)N(C)[C@@H](C)[C@@H](O)c1ccccc1. The van der Waals surface area contributed by atoms with E-state index in [1.165, 1.54) is 18.9 Å². The second-order valence-corrected chi connectivity index (χ2v) is 5.81. The summed E-state index contributed by atoms with van der Waals surface area (Å²) in [6, 6.07) is 7.39. The second kappa shape index (κ2) is 9.78. The first-order valence-electron chi connectivity index (χ1n) is 8.20. The quantitative estimate of drug-likeness (QED) is 0.683. The Bertz CT molecular complexity index is 590. The molecule has 0 fully saturated rings. The van der Waals surface area contributed by atoms with Crippen molar-refractivity contribution in [3.8, 4) is 0 Å². The van der Waals surface area contributed by atoms with Crippen molar-refractivity contribution in [3.63, 3.8) is 0 Å². The van der Waals surface area contributed by atoms with E-state index in [4.69, 9.17) is 4.74 Å². The van der Waals surface area contributed by atoms with Gasteiger partial charge < -0.3 is 20.1 Å². The minimum Gasteiger partial charge on any atom is -0.466 e. The van der Waals surface area contributed by atoms with Gasteiger partial charge in [0.2, 0.25) is 11.8 Å². The molecule has 25 heavy (non-hydrogen) atoms. The minimum absolute atomic E-state index is 0.193. The number of amides is 2. The number of carbonyl (C=O) groups excluding carboxylic acids is 3. The van der Waals surface area contributed by atoms with Crippen LogP contribution in [0.4, 0.5) is 0 Å². The predicted molar refractivity (Wildman–Crippen MR) is 92.5 cm³/mol. The number of esters is 1. The highest BCUT2D eigenvalue weighted by molar-refractivity contribution is 5.90. The molecule has 3 atom stereocenters. The topological polar surface area (TPSA) is 95.9 Å². The van der Waals surface area contributed by atoms with E-state index < -0.39 is 36.0 Å². The van der Waals surface area contributed by atoms with E-state index in [0.29, 0.717) is 5.56 Å². The first-order chi connectivity index (χ1) is 11.8. The normalized spacial score (nSPS) is 14.1. The number of rotatable bonds is 8. The summed E-state index contributed by atoms with van der Waals surface area (Å²) in [5, 5.41) is 12.9. The summed E-state index contributed by atoms with van der Waals surface area (Å²) < 4.78 is 4.85. The lowest BCUT2D eigenvalue weighted by molar-refractivity contribution is -0.148. The summed E-state index contributed by atoms with van der Waals surface area (Å²) in [5.74, 6) is -1.46. The maximum Gasteiger partial charge on any atom is 0.308 e. The summed E-state index contributed by atoms with van der Waals surface area (Å²) in [5.41, 5.74) is 0.677. The number of hydrogen-bond donors (Lipinski definition) is 2. The number of aliphatic hydroxyl groups excluding tert-OH is 1. The van der Waals surface area contributed by atoms with Gasteiger partial charge in [0.25, 0.3) is 0 Å². The highest BCUT2D eigenvalue weighted by atomic mass is 16.5. The van der Waals surface area contributed by atoms with Gasteiger partial charge in [-0.3, -0.25) is 14.4 Å². The van der Waals surface area contributed by atoms with Crippen LogP contribution in [-0.2, 0) is 19.1 Å². The molecule has 0 bridgehead atoms. The van der Waals surface area contributed by atoms with Crippen molar-refractivity contribution in [1.82, 2.24) is 10.2 Å². The van der Waals surface area contributed by atoms with Crippen LogP contribution in [0.2, 0.25) is 0 Å². The van der Waals surface area contributed by atoms with Gasteiger partial charge in [0.15, 0.2) is 0 Å². The van der Waals surface area contributed by atoms with Crippen LogP contribution >= 0.6 is 0 Å². The van der Waals surface area contributed by atoms with E-state index in [0.717, 1.165) is 0 Å². The largest absolute Gasteiger partial charge is 0.466 e. The van der Waals surface area contributed by atoms with E-state index in [2.05, 4.69) is 5.32 Å². The number of benzene rings is 1. The molecular weight excluding hydrogens is 324 g/mol. The van der Waals surface area contributed by atoms with E-state index in [1.54, 1.807) is 38.1 Å². The van der Waals surface area contributed by atoms with Crippen molar-refractivity contribution in [3.05, 3.63) is 35.9 Å². The van der Waals surface area contributed by atoms with Gasteiger partial charge in [0, 0.05) is 14.0 Å². The maximum atomic E-state index is 12.7. The average Bonchev–Trinajstić information content (AvgIpc) is 2.59. The van der Waals surface area contributed by atoms with Crippen molar-refractivity contribution in [2.24, 2.45) is 0 Å². The van der Waals surface area contributed by atoms with E-state index in [9.17, 15) is 19.5 Å². The first-order valence-corrected chi connectivity index (χ1v) is 8.20. The number of ether oxygens (including phenoxy) is 1. The van der Waals surface area contributed by atoms with Crippen LogP contribution in [0.25, 0.3) is 0 Å². The van der Waals surface area contributed by atoms with Crippen molar-refractivity contribution < 1.29 is 24.2 Å². The number of aliphatic hydroxyl groups is 1. The summed E-state index contributed by atoms with van der Waals surface area (Å²) in [6.07, 6.45) is -1.15. The fraction of sp³-hybridized carbons (Fsp3) is 0.500. The third-order valence-electron chi connectivity index (χ3n) is 3.91. The molecule has 0 spiro atoms. The minimum atomic E-state index is -1.04. The third-order valence-corrected chi connectivity index (χ3v) is 3.91. The zero-order valence-corrected chi connectivity index (χ0v) is 15.1. The Morgan fingerprint density at radius 3 is 2.36 bits per heavy atom. The number of nitrogens with one attached hydrogen (secondary N) is 1. The molecule has 0 aliphatic carbocycles. The molecule has 0 heterocycles. The van der Waals surface area contributed by atoms with Gasteiger partial charge in [-0.15, -0.1) is 0 Å². The Labute approximate surface area is 148 Å². The molecule has 7 nitrogen and oxygen atoms in total. The zero-order chi connectivity index (χ0) is 19.0. The molecule has 0 unspecified atom stereocenters. The monoisotopic (exact) mass is 350 g/mol. The number of hydrogen-bond acceptors (Lipinski definition) is 5. The molecule has 2 amide bonds. The molecule has 0 saturated carbocycles. The van der Waals surface area contributed by atoms with Crippen LogP contribution in [0.5, 0.6) is 0 Å². The third kappa shape index (κ3) is 6.19. The van der Waals surface area contributed by atoms with Crippen LogP contribution in [0.1, 0.15) is 38.9 Å². The van der Waals surface area contributed by atoms with Crippen molar-refractivity contribution in [2.75, 3.05) is 13.7 Å². The second-order valence-electron chi connectivity index (χ2n) is 5.81. The highest BCUT2D eigenvalue weighted by Gasteiger charge is 2.31. The Balaban J connectivity index is 2.86. The molecule has 1 aromatic rings. The number of likely N-dealkylation sites (N-methyl/N-ethyl adjacent to an activating group) is 1. The van der Waals surface area contributed by atoms with Crippen molar-refractivity contribution >= 4 is 17.8 Å². The molecule has 0 radical (unpaired) electrons. The summed E-state index contributed by atoms with van der Waals surface area (Å²) in [6.45, 7) is 4.83. The van der Waals surface area contributed by atoms with Crippen molar-refractivity contribution in [1.29, 1.82) is 0 Å². The number of nitrogens with zero attached hydrogens (tertiary/aromatic N) is 1. The zero-order valence-electron chi connectivity index (χ0n) is 15.1. The summed E-state index contributed by atoms with van der Waals surface area (Å²) >= 11 is 0. The van der Waals surface area contributed by atoms with Gasteiger partial charge >= 0.3 is 5.97 Å². The van der Waals surface area contributed by atoms with Crippen LogP contribution in [-0.4, -0.2) is 53.5 Å². The van der Waals surface area contributed by atoms with Crippen LogP contribution < -0.4 is 5.32 Å². The van der Waals surface area contributed by atoms with Crippen molar-refractivity contribution in [2.45, 2.75) is 45.4 Å². The molecule has 0 saturated heterocycles. The fourth-order valence-electron chi connectivity index (χ4n) is 2.42. The molecule has 7 heteroatoms. The van der Waals surface area contributed by atoms with E-state index >= 15 is 0 Å². The average molecular weight is 350 g/mol. The Kier molecular flexibility index (Phi) is 8.07. The molecule has 0 aliphatic rings. The lowest BCUT2D eigenvalue weighted by Gasteiger charge is -2.32. The van der Waals surface area contributed by atoms with Gasteiger partial charge in [-0.2, -0.15) is 0 Å². The first kappa shape index (κ1) is 20.6. The maximum absolute atomic E-state index is 12.7. The van der Waals surface area contributed by atoms with E-state index in [1.807, 2.05) is 6.07 Å². The molecule has 138 valence electrons. The molecule has 1 aromatic carbocycles. The van der Waals surface area contributed by atoms with Gasteiger partial charge in [-0.1, -0.05) is 30.3 Å². The molecule has 2 N–H and O–H groups in total. The van der Waals surface area contributed by atoms with Crippen LogP contribution in [0.15, 0.2) is 30.3 Å². The fourth-order valence-corrected chi connectivity index (χ4v) is 2.42. The lowest BCUT2D eigenvalue weighted by Crippen LogP contribution is -2.51. The van der Waals surface area contributed by atoms with Gasteiger partial charge in [-0.05, 0) is 19.4 Å². The van der Waals surface area contributed by atoms with Gasteiger partial charge in [0.1, 0.15) is 6.04 Å². The Morgan fingerprint density at radius 2 is 1.84 bits per heavy atom. The Morgan fingerprint density at radius 1 is 1.24 bits per heavy atom. The summed E-state index contributed by atoms with van der Waals surface area (Å²) in [4.78, 5) is 37.1. The lowest BCUT2D eigenvalue weighted by atomic mass is 10.0. The molecule has 0 aromatic heterocycles. The van der Waals surface area contributed by atoms with Crippen LogP contribution in [0, 0.1) is 0 Å². The van der Waals surface area contributed by atoms with Gasteiger partial charge in [0.05, 0.1) is 25.2 Å². The predicted octanol–water partition coefficient (Wildman–Crippen LogP) is 1.02. The van der Waals surface area contributed by atoms with E-state index in [-0.39, 0.29) is 13.0 Å². The van der Waals surface area contributed by atoms with Gasteiger partial charge in [-0.25, -0.2) is 0 Å². The smallest absolute Gasteiger partial charge is 0.308 e. The standard InChI is InChI=1S/C18H26N2O5/c1-5-25-16(22)11-15(19-13(3)21)18(24)20(4)12(2)17(23)14-9-7-6-8-10-14/h6-10,12,15,17,23H,5,11H2,1-4H3,(H,19,21)/t12-,15+,17+/m0/s1. The number of carbonyl (C=O) groups is 3.